The van der Waals surface area contributed by atoms with Crippen molar-refractivity contribution >= 4 is 60.2 Å². The summed E-state index contributed by atoms with van der Waals surface area (Å²) in [6.07, 6.45) is 7.43. The second kappa shape index (κ2) is 11.2. The summed E-state index contributed by atoms with van der Waals surface area (Å²) >= 11 is 0. The molecule has 0 amide bonds. The molecule has 0 aliphatic heterocycles. The Labute approximate surface area is 273 Å². The molecule has 220 valence electrons. The van der Waals surface area contributed by atoms with E-state index in [1.54, 1.807) is 0 Å². The third-order valence-corrected chi connectivity index (χ3v) is 9.19. The maximum atomic E-state index is 4.46. The molecule has 2 aromatic heterocycles. The van der Waals surface area contributed by atoms with Gasteiger partial charge < -0.3 is 4.90 Å². The lowest BCUT2D eigenvalue weighted by Gasteiger charge is -2.25. The van der Waals surface area contributed by atoms with E-state index in [1.165, 1.54) is 65.3 Å². The van der Waals surface area contributed by atoms with Crippen LogP contribution in [0, 0.1) is 0 Å². The first-order valence-electron chi connectivity index (χ1n) is 15.9. The van der Waals surface area contributed by atoms with Crippen molar-refractivity contribution in [1.82, 2.24) is 9.97 Å². The number of aromatic nitrogens is 2. The maximum Gasteiger partial charge on any atom is 0.0645 e. The van der Waals surface area contributed by atoms with Crippen molar-refractivity contribution in [1.29, 1.82) is 0 Å². The SMILES string of the molecule is c1ccc(-c2cc3c4ccccc4c(-c4cccc5ccccc45)cc3c3cc(N(c4cccnc4)c4cccnc4)ccc23)cc1. The van der Waals surface area contributed by atoms with Gasteiger partial charge in [-0.2, -0.15) is 0 Å². The second-order valence-electron chi connectivity index (χ2n) is 11.9. The summed E-state index contributed by atoms with van der Waals surface area (Å²) in [7, 11) is 0. The van der Waals surface area contributed by atoms with Crippen LogP contribution in [-0.2, 0) is 0 Å². The highest BCUT2D eigenvalue weighted by atomic mass is 15.2. The summed E-state index contributed by atoms with van der Waals surface area (Å²) in [6, 6.07) is 54.7. The van der Waals surface area contributed by atoms with Crippen LogP contribution < -0.4 is 4.90 Å². The number of nitrogens with zero attached hydrogens (tertiary/aromatic N) is 3. The van der Waals surface area contributed by atoms with Gasteiger partial charge in [0.25, 0.3) is 0 Å². The van der Waals surface area contributed by atoms with Gasteiger partial charge in [-0.25, -0.2) is 0 Å². The normalized spacial score (nSPS) is 11.4. The fraction of sp³-hybridized carbons (Fsp3) is 0. The van der Waals surface area contributed by atoms with Crippen LogP contribution in [0.1, 0.15) is 0 Å². The van der Waals surface area contributed by atoms with Crippen molar-refractivity contribution < 1.29 is 0 Å². The molecule has 0 saturated heterocycles. The number of anilines is 3. The summed E-state index contributed by atoms with van der Waals surface area (Å²) in [6.45, 7) is 0. The van der Waals surface area contributed by atoms with Gasteiger partial charge in [-0.1, -0.05) is 103 Å². The minimum absolute atomic E-state index is 0.977. The van der Waals surface area contributed by atoms with E-state index < -0.39 is 0 Å². The zero-order chi connectivity index (χ0) is 31.2. The largest absolute Gasteiger partial charge is 0.307 e. The van der Waals surface area contributed by atoms with Gasteiger partial charge in [-0.05, 0) is 114 Å². The molecular formula is C44H29N3. The minimum Gasteiger partial charge on any atom is -0.307 e. The Bertz CT molecular complexity index is 2520. The second-order valence-corrected chi connectivity index (χ2v) is 11.9. The lowest BCUT2D eigenvalue weighted by Crippen LogP contribution is -2.10. The fourth-order valence-corrected chi connectivity index (χ4v) is 7.09. The zero-order valence-corrected chi connectivity index (χ0v) is 25.6. The van der Waals surface area contributed by atoms with E-state index in [9.17, 15) is 0 Å². The molecule has 0 atom stereocenters. The quantitative estimate of drug-likeness (QED) is 0.184. The summed E-state index contributed by atoms with van der Waals surface area (Å²) in [5.41, 5.74) is 7.90. The maximum absolute atomic E-state index is 4.46. The minimum atomic E-state index is 0.977. The Balaban J connectivity index is 1.41. The zero-order valence-electron chi connectivity index (χ0n) is 25.6. The van der Waals surface area contributed by atoms with Crippen molar-refractivity contribution in [2.24, 2.45) is 0 Å². The first-order chi connectivity index (χ1) is 23.3. The van der Waals surface area contributed by atoms with Gasteiger partial charge in [-0.15, -0.1) is 0 Å². The number of fused-ring (bicyclic) bond motifs is 6. The Hall–Kier alpha value is -6.32. The molecule has 0 radical (unpaired) electrons. The Morgan fingerprint density at radius 1 is 0.340 bits per heavy atom. The van der Waals surface area contributed by atoms with Gasteiger partial charge in [0.05, 0.1) is 23.8 Å². The summed E-state index contributed by atoms with van der Waals surface area (Å²) < 4.78 is 0. The number of hydrogen-bond donors (Lipinski definition) is 0. The molecule has 0 unspecified atom stereocenters. The highest BCUT2D eigenvalue weighted by molar-refractivity contribution is 6.25. The fourth-order valence-electron chi connectivity index (χ4n) is 7.09. The van der Waals surface area contributed by atoms with E-state index >= 15 is 0 Å². The van der Waals surface area contributed by atoms with Crippen LogP contribution in [0.4, 0.5) is 17.1 Å². The van der Waals surface area contributed by atoms with Gasteiger partial charge >= 0.3 is 0 Å². The topological polar surface area (TPSA) is 29.0 Å². The molecule has 47 heavy (non-hydrogen) atoms. The van der Waals surface area contributed by atoms with Crippen molar-refractivity contribution in [2.75, 3.05) is 4.90 Å². The average Bonchev–Trinajstić information content (AvgIpc) is 3.15. The van der Waals surface area contributed by atoms with Crippen molar-refractivity contribution in [3.05, 3.63) is 176 Å². The average molecular weight is 600 g/mol. The van der Waals surface area contributed by atoms with E-state index in [0.29, 0.717) is 0 Å². The van der Waals surface area contributed by atoms with Gasteiger partial charge in [0.15, 0.2) is 0 Å². The predicted octanol–water partition coefficient (Wildman–Crippen LogP) is 11.9. The van der Waals surface area contributed by atoms with Crippen LogP contribution >= 0.6 is 0 Å². The third kappa shape index (κ3) is 4.60. The molecule has 0 bridgehead atoms. The third-order valence-electron chi connectivity index (χ3n) is 9.19. The standard InChI is InChI=1S/C44H29N3/c1-2-11-31(12-3-1)40-26-43-38-19-7-6-18-37(38)42(36-20-8-14-30-13-4-5-17-35(30)36)27-44(43)41-25-32(21-22-39(40)41)47(33-15-9-23-45-28-33)34-16-10-24-46-29-34/h1-29H. The lowest BCUT2D eigenvalue weighted by molar-refractivity contribution is 1.20. The van der Waals surface area contributed by atoms with Crippen molar-refractivity contribution in [3.8, 4) is 22.3 Å². The number of benzene rings is 7. The van der Waals surface area contributed by atoms with E-state index in [1.807, 2.05) is 36.9 Å². The predicted molar refractivity (Wildman–Crippen MR) is 198 cm³/mol. The highest BCUT2D eigenvalue weighted by Crippen LogP contribution is 2.45. The van der Waals surface area contributed by atoms with Crippen molar-refractivity contribution in [2.45, 2.75) is 0 Å². The molecule has 0 saturated carbocycles. The molecule has 0 aliphatic carbocycles. The number of pyridine rings is 2. The molecule has 0 N–H and O–H groups in total. The Morgan fingerprint density at radius 2 is 0.936 bits per heavy atom. The monoisotopic (exact) mass is 599 g/mol. The summed E-state index contributed by atoms with van der Waals surface area (Å²) in [4.78, 5) is 11.2. The first-order valence-corrected chi connectivity index (χ1v) is 15.9. The first kappa shape index (κ1) is 27.0. The van der Waals surface area contributed by atoms with Crippen LogP contribution in [0.15, 0.2) is 176 Å². The van der Waals surface area contributed by atoms with Crippen LogP contribution in [0.25, 0.3) is 65.3 Å². The van der Waals surface area contributed by atoms with E-state index in [-0.39, 0.29) is 0 Å². The number of hydrogen-bond acceptors (Lipinski definition) is 3. The Morgan fingerprint density at radius 3 is 1.68 bits per heavy atom. The molecule has 7 aromatic carbocycles. The van der Waals surface area contributed by atoms with Crippen molar-refractivity contribution in [3.63, 3.8) is 0 Å². The summed E-state index contributed by atoms with van der Waals surface area (Å²) in [5, 5.41) is 9.86. The lowest BCUT2D eigenvalue weighted by atomic mass is 9.86. The number of rotatable bonds is 5. The van der Waals surface area contributed by atoms with Crippen LogP contribution in [0.5, 0.6) is 0 Å². The van der Waals surface area contributed by atoms with Gasteiger partial charge in [0, 0.05) is 18.1 Å². The molecule has 2 heterocycles. The van der Waals surface area contributed by atoms with Gasteiger partial charge in [0.2, 0.25) is 0 Å². The molecule has 0 aliphatic rings. The van der Waals surface area contributed by atoms with E-state index in [4.69, 9.17) is 0 Å². The highest BCUT2D eigenvalue weighted by Gasteiger charge is 2.18. The molecule has 0 spiro atoms. The van der Waals surface area contributed by atoms with E-state index in [0.717, 1.165) is 17.1 Å². The summed E-state index contributed by atoms with van der Waals surface area (Å²) in [5.74, 6) is 0. The molecule has 9 rings (SSSR count). The Kier molecular flexibility index (Phi) is 6.46. The molecule has 0 fully saturated rings. The van der Waals surface area contributed by atoms with Crippen LogP contribution in [0.3, 0.4) is 0 Å². The smallest absolute Gasteiger partial charge is 0.0645 e. The molecular weight excluding hydrogens is 571 g/mol. The van der Waals surface area contributed by atoms with Crippen LogP contribution in [0.2, 0.25) is 0 Å². The van der Waals surface area contributed by atoms with Gasteiger partial charge in [-0.3, -0.25) is 9.97 Å². The van der Waals surface area contributed by atoms with Gasteiger partial charge in [0.1, 0.15) is 0 Å². The molecule has 3 heteroatoms. The molecule has 9 aromatic rings. The van der Waals surface area contributed by atoms with E-state index in [2.05, 4.69) is 154 Å². The van der Waals surface area contributed by atoms with Crippen LogP contribution in [-0.4, -0.2) is 9.97 Å². The molecule has 3 nitrogen and oxygen atoms in total.